The van der Waals surface area contributed by atoms with Crippen LogP contribution in [0, 0.1) is 6.92 Å². The summed E-state index contributed by atoms with van der Waals surface area (Å²) in [5, 5.41) is 8.80. The zero-order valence-corrected chi connectivity index (χ0v) is 10.7. The summed E-state index contributed by atoms with van der Waals surface area (Å²) in [5.41, 5.74) is 1.06. The second kappa shape index (κ2) is 4.46. The summed E-state index contributed by atoms with van der Waals surface area (Å²) in [5.74, 6) is 0.785. The largest absolute Gasteiger partial charge is 0.334 e. The monoisotopic (exact) mass is 268 g/mol. The Labute approximate surface area is 104 Å². The molecular formula is C10H12N4O3S. The van der Waals surface area contributed by atoms with Gasteiger partial charge in [0.1, 0.15) is 4.90 Å². The van der Waals surface area contributed by atoms with Crippen LogP contribution in [0.1, 0.15) is 18.4 Å². The first kappa shape index (κ1) is 12.7. The molecule has 0 aromatic carbocycles. The number of aryl methyl sites for hydroxylation is 2. The fourth-order valence-electron chi connectivity index (χ4n) is 1.39. The van der Waals surface area contributed by atoms with Gasteiger partial charge in [0.2, 0.25) is 10.0 Å². The van der Waals surface area contributed by atoms with Crippen LogP contribution >= 0.6 is 0 Å². The van der Waals surface area contributed by atoms with Crippen LogP contribution < -0.4 is 5.14 Å². The van der Waals surface area contributed by atoms with E-state index < -0.39 is 10.0 Å². The highest BCUT2D eigenvalue weighted by Gasteiger charge is 2.16. The lowest BCUT2D eigenvalue weighted by molar-refractivity contribution is 0.423. The Kier molecular flexibility index (Phi) is 3.14. The Morgan fingerprint density at radius 3 is 2.72 bits per heavy atom. The maximum Gasteiger partial charge on any atom is 0.259 e. The third-order valence-corrected chi connectivity index (χ3v) is 3.29. The molecule has 0 atom stereocenters. The molecule has 0 aliphatic rings. The van der Waals surface area contributed by atoms with Crippen LogP contribution in [0.2, 0.25) is 0 Å². The van der Waals surface area contributed by atoms with Crippen LogP contribution in [0.15, 0.2) is 21.7 Å². The molecule has 18 heavy (non-hydrogen) atoms. The molecule has 0 saturated heterocycles. The third-order valence-electron chi connectivity index (χ3n) is 2.41. The number of rotatable bonds is 3. The molecule has 2 aromatic heterocycles. The van der Waals surface area contributed by atoms with Gasteiger partial charge in [-0.3, -0.25) is 4.98 Å². The Morgan fingerprint density at radius 2 is 2.17 bits per heavy atom. The van der Waals surface area contributed by atoms with E-state index in [9.17, 15) is 8.42 Å². The minimum Gasteiger partial charge on any atom is -0.334 e. The average molecular weight is 268 g/mol. The molecule has 0 spiro atoms. The van der Waals surface area contributed by atoms with Gasteiger partial charge in [-0.1, -0.05) is 12.1 Å². The zero-order valence-electron chi connectivity index (χ0n) is 9.91. The molecular weight excluding hydrogens is 256 g/mol. The summed E-state index contributed by atoms with van der Waals surface area (Å²) >= 11 is 0. The summed E-state index contributed by atoms with van der Waals surface area (Å²) in [4.78, 5) is 8.02. The van der Waals surface area contributed by atoms with Crippen LogP contribution in [0.25, 0.3) is 11.5 Å². The fourth-order valence-corrected chi connectivity index (χ4v) is 1.87. The van der Waals surface area contributed by atoms with E-state index in [0.29, 0.717) is 23.5 Å². The van der Waals surface area contributed by atoms with Crippen molar-refractivity contribution in [2.45, 2.75) is 25.2 Å². The van der Waals surface area contributed by atoms with Gasteiger partial charge in [-0.2, -0.15) is 4.98 Å². The average Bonchev–Trinajstić information content (AvgIpc) is 2.76. The van der Waals surface area contributed by atoms with Crippen molar-refractivity contribution in [1.82, 2.24) is 15.1 Å². The third kappa shape index (κ3) is 2.39. The molecule has 2 N–H and O–H groups in total. The van der Waals surface area contributed by atoms with Crippen molar-refractivity contribution in [3.8, 4) is 11.5 Å². The van der Waals surface area contributed by atoms with Crippen molar-refractivity contribution in [2.75, 3.05) is 0 Å². The highest BCUT2D eigenvalue weighted by molar-refractivity contribution is 7.89. The molecule has 0 radical (unpaired) electrons. The van der Waals surface area contributed by atoms with E-state index in [4.69, 9.17) is 9.66 Å². The molecule has 0 aliphatic carbocycles. The minimum atomic E-state index is -3.80. The van der Waals surface area contributed by atoms with Gasteiger partial charge >= 0.3 is 0 Å². The molecule has 8 heteroatoms. The Hall–Kier alpha value is -1.80. The Bertz CT molecular complexity index is 678. The Morgan fingerprint density at radius 1 is 1.44 bits per heavy atom. The van der Waals surface area contributed by atoms with Crippen LogP contribution in [0.5, 0.6) is 0 Å². The summed E-state index contributed by atoms with van der Waals surface area (Å²) in [6.45, 7) is 3.61. The standard InChI is InChI=1S/C10H12N4O3S/c1-3-9-13-10(17-14-9)8-4-7(18(11,15)16)5-12-6(8)2/h4-5H,3H2,1-2H3,(H2,11,15,16). The summed E-state index contributed by atoms with van der Waals surface area (Å²) in [7, 11) is -3.80. The van der Waals surface area contributed by atoms with Gasteiger partial charge in [-0.15, -0.1) is 0 Å². The van der Waals surface area contributed by atoms with Gasteiger partial charge in [-0.25, -0.2) is 13.6 Å². The van der Waals surface area contributed by atoms with E-state index >= 15 is 0 Å². The first-order valence-corrected chi connectivity index (χ1v) is 6.79. The minimum absolute atomic E-state index is 0.0839. The number of nitrogens with zero attached hydrogens (tertiary/aromatic N) is 3. The van der Waals surface area contributed by atoms with Crippen LogP contribution in [-0.4, -0.2) is 23.5 Å². The number of aromatic nitrogens is 3. The molecule has 2 heterocycles. The molecule has 0 bridgehead atoms. The number of primary sulfonamides is 1. The maximum atomic E-state index is 11.3. The smallest absolute Gasteiger partial charge is 0.259 e. The lowest BCUT2D eigenvalue weighted by Gasteiger charge is -2.02. The van der Waals surface area contributed by atoms with E-state index in [2.05, 4.69) is 15.1 Å². The van der Waals surface area contributed by atoms with Crippen molar-refractivity contribution >= 4 is 10.0 Å². The molecule has 0 saturated carbocycles. The molecule has 7 nitrogen and oxygen atoms in total. The predicted octanol–water partition coefficient (Wildman–Crippen LogP) is 0.650. The van der Waals surface area contributed by atoms with Crippen molar-refractivity contribution in [3.05, 3.63) is 23.8 Å². The summed E-state index contributed by atoms with van der Waals surface area (Å²) in [6, 6.07) is 1.38. The molecule has 0 unspecified atom stereocenters. The number of sulfonamides is 1. The van der Waals surface area contributed by atoms with Gasteiger partial charge in [0, 0.05) is 12.6 Å². The van der Waals surface area contributed by atoms with Gasteiger partial charge in [-0.05, 0) is 13.0 Å². The fraction of sp³-hybridized carbons (Fsp3) is 0.300. The van der Waals surface area contributed by atoms with Gasteiger partial charge in [0.05, 0.1) is 11.3 Å². The molecule has 0 amide bonds. The zero-order chi connectivity index (χ0) is 13.3. The number of hydrogen-bond donors (Lipinski definition) is 1. The topological polar surface area (TPSA) is 112 Å². The van der Waals surface area contributed by atoms with Gasteiger partial charge < -0.3 is 4.52 Å². The second-order valence-corrected chi connectivity index (χ2v) is 5.28. The number of nitrogens with two attached hydrogens (primary N) is 1. The summed E-state index contributed by atoms with van der Waals surface area (Å²) in [6.07, 6.45) is 1.83. The number of hydrogen-bond acceptors (Lipinski definition) is 6. The molecule has 2 aromatic rings. The first-order valence-electron chi connectivity index (χ1n) is 5.24. The lowest BCUT2D eigenvalue weighted by atomic mass is 10.2. The van der Waals surface area contributed by atoms with Gasteiger partial charge in [0.15, 0.2) is 5.82 Å². The van der Waals surface area contributed by atoms with Gasteiger partial charge in [0.25, 0.3) is 5.89 Å². The quantitative estimate of drug-likeness (QED) is 0.874. The van der Waals surface area contributed by atoms with Crippen molar-refractivity contribution in [1.29, 1.82) is 0 Å². The van der Waals surface area contributed by atoms with Crippen LogP contribution in [-0.2, 0) is 16.4 Å². The SMILES string of the molecule is CCc1noc(-c2cc(S(N)(=O)=O)cnc2C)n1. The van der Waals surface area contributed by atoms with E-state index in [1.54, 1.807) is 6.92 Å². The Balaban J connectivity index is 2.56. The molecule has 0 aliphatic heterocycles. The number of pyridine rings is 1. The lowest BCUT2D eigenvalue weighted by Crippen LogP contribution is -2.12. The maximum absolute atomic E-state index is 11.3. The first-order chi connectivity index (χ1) is 8.41. The van der Waals surface area contributed by atoms with E-state index in [0.717, 1.165) is 0 Å². The van der Waals surface area contributed by atoms with E-state index in [1.165, 1.54) is 12.3 Å². The van der Waals surface area contributed by atoms with Crippen LogP contribution in [0.4, 0.5) is 0 Å². The molecule has 0 fully saturated rings. The molecule has 96 valence electrons. The highest BCUT2D eigenvalue weighted by Crippen LogP contribution is 2.22. The van der Waals surface area contributed by atoms with Crippen molar-refractivity contribution in [2.24, 2.45) is 5.14 Å². The normalized spacial score (nSPS) is 11.7. The van der Waals surface area contributed by atoms with Crippen molar-refractivity contribution in [3.63, 3.8) is 0 Å². The predicted molar refractivity (Wildman–Crippen MR) is 63.0 cm³/mol. The van der Waals surface area contributed by atoms with E-state index in [-0.39, 0.29) is 10.8 Å². The second-order valence-electron chi connectivity index (χ2n) is 3.72. The molecule has 2 rings (SSSR count). The van der Waals surface area contributed by atoms with Crippen molar-refractivity contribution < 1.29 is 12.9 Å². The summed E-state index contributed by atoms with van der Waals surface area (Å²) < 4.78 is 27.6. The highest BCUT2D eigenvalue weighted by atomic mass is 32.2. The van der Waals surface area contributed by atoms with E-state index in [1.807, 2.05) is 6.92 Å². The van der Waals surface area contributed by atoms with Crippen LogP contribution in [0.3, 0.4) is 0 Å².